The highest BCUT2D eigenvalue weighted by atomic mass is 79.9. The van der Waals surface area contributed by atoms with E-state index in [0.29, 0.717) is 23.7 Å². The second-order valence-corrected chi connectivity index (χ2v) is 5.59. The minimum Gasteiger partial charge on any atom is -0.496 e. The van der Waals surface area contributed by atoms with Crippen molar-refractivity contribution in [2.24, 2.45) is 0 Å². The van der Waals surface area contributed by atoms with Crippen molar-refractivity contribution in [3.63, 3.8) is 0 Å². The predicted octanol–water partition coefficient (Wildman–Crippen LogP) is 4.33. The lowest BCUT2D eigenvalue weighted by Crippen LogP contribution is -2.06. The van der Waals surface area contributed by atoms with Gasteiger partial charge in [-0.05, 0) is 24.6 Å². The fourth-order valence-electron chi connectivity index (χ4n) is 2.13. The SMILES string of the molecule is CCCOc1ccccc1C(O)c1ccc(Br)cc1OC. The van der Waals surface area contributed by atoms with Gasteiger partial charge >= 0.3 is 0 Å². The van der Waals surface area contributed by atoms with Crippen molar-refractivity contribution < 1.29 is 14.6 Å². The summed E-state index contributed by atoms with van der Waals surface area (Å²) in [6.07, 6.45) is 0.132. The predicted molar refractivity (Wildman–Crippen MR) is 87.0 cm³/mol. The molecule has 0 saturated carbocycles. The topological polar surface area (TPSA) is 38.7 Å². The van der Waals surface area contributed by atoms with E-state index >= 15 is 0 Å². The van der Waals surface area contributed by atoms with Gasteiger partial charge in [0.1, 0.15) is 17.6 Å². The average Bonchev–Trinajstić information content (AvgIpc) is 2.52. The molecule has 0 aliphatic rings. The van der Waals surface area contributed by atoms with E-state index < -0.39 is 6.10 Å². The Bertz CT molecular complexity index is 598. The molecule has 0 aromatic heterocycles. The number of para-hydroxylation sites is 1. The van der Waals surface area contributed by atoms with E-state index in [1.807, 2.05) is 42.5 Å². The van der Waals surface area contributed by atoms with Crippen LogP contribution in [0.5, 0.6) is 11.5 Å². The van der Waals surface area contributed by atoms with Crippen molar-refractivity contribution in [2.75, 3.05) is 13.7 Å². The van der Waals surface area contributed by atoms with Crippen molar-refractivity contribution in [3.8, 4) is 11.5 Å². The highest BCUT2D eigenvalue weighted by molar-refractivity contribution is 9.10. The molecule has 2 aromatic carbocycles. The fraction of sp³-hybridized carbons (Fsp3) is 0.294. The Morgan fingerprint density at radius 1 is 1.10 bits per heavy atom. The van der Waals surface area contributed by atoms with Gasteiger partial charge in [-0.3, -0.25) is 0 Å². The first-order chi connectivity index (χ1) is 10.2. The number of ether oxygens (including phenoxy) is 2. The largest absolute Gasteiger partial charge is 0.496 e. The molecule has 21 heavy (non-hydrogen) atoms. The summed E-state index contributed by atoms with van der Waals surface area (Å²) in [5.41, 5.74) is 1.46. The molecule has 0 saturated heterocycles. The van der Waals surface area contributed by atoms with Crippen molar-refractivity contribution in [2.45, 2.75) is 19.4 Å². The van der Waals surface area contributed by atoms with Gasteiger partial charge in [-0.2, -0.15) is 0 Å². The van der Waals surface area contributed by atoms with Crippen LogP contribution in [0.2, 0.25) is 0 Å². The zero-order valence-corrected chi connectivity index (χ0v) is 13.8. The summed E-state index contributed by atoms with van der Waals surface area (Å²) in [7, 11) is 1.59. The van der Waals surface area contributed by atoms with Crippen molar-refractivity contribution in [1.29, 1.82) is 0 Å². The minimum absolute atomic E-state index is 0.626. The van der Waals surface area contributed by atoms with Gasteiger partial charge in [0.25, 0.3) is 0 Å². The Labute approximate surface area is 133 Å². The molecule has 1 atom stereocenters. The van der Waals surface area contributed by atoms with Crippen molar-refractivity contribution >= 4 is 15.9 Å². The van der Waals surface area contributed by atoms with E-state index in [4.69, 9.17) is 9.47 Å². The lowest BCUT2D eigenvalue weighted by Gasteiger charge is -2.18. The summed E-state index contributed by atoms with van der Waals surface area (Å²) < 4.78 is 12.0. The quantitative estimate of drug-likeness (QED) is 0.842. The number of halogens is 1. The van der Waals surface area contributed by atoms with E-state index in [0.717, 1.165) is 16.5 Å². The maximum absolute atomic E-state index is 10.7. The van der Waals surface area contributed by atoms with Gasteiger partial charge < -0.3 is 14.6 Å². The summed E-state index contributed by atoms with van der Waals surface area (Å²) in [6.45, 7) is 2.68. The van der Waals surface area contributed by atoms with Gasteiger partial charge in [0.15, 0.2) is 0 Å². The van der Waals surface area contributed by atoms with Gasteiger partial charge in [-0.1, -0.05) is 47.1 Å². The molecular weight excluding hydrogens is 332 g/mol. The number of rotatable bonds is 6. The van der Waals surface area contributed by atoms with Gasteiger partial charge in [0.05, 0.1) is 13.7 Å². The molecule has 0 spiro atoms. The van der Waals surface area contributed by atoms with Gasteiger partial charge in [0, 0.05) is 15.6 Å². The number of aliphatic hydroxyl groups excluding tert-OH is 1. The molecule has 2 rings (SSSR count). The molecule has 3 nitrogen and oxygen atoms in total. The van der Waals surface area contributed by atoms with Gasteiger partial charge in [-0.15, -0.1) is 0 Å². The molecule has 0 aliphatic heterocycles. The van der Waals surface area contributed by atoms with Crippen LogP contribution >= 0.6 is 15.9 Å². The molecule has 0 heterocycles. The van der Waals surface area contributed by atoms with E-state index in [-0.39, 0.29) is 0 Å². The second kappa shape index (κ2) is 7.48. The molecule has 4 heteroatoms. The fourth-order valence-corrected chi connectivity index (χ4v) is 2.47. The van der Waals surface area contributed by atoms with Gasteiger partial charge in [0.2, 0.25) is 0 Å². The molecule has 1 N–H and O–H groups in total. The lowest BCUT2D eigenvalue weighted by molar-refractivity contribution is 0.206. The third kappa shape index (κ3) is 3.77. The smallest absolute Gasteiger partial charge is 0.126 e. The van der Waals surface area contributed by atoms with E-state index in [1.165, 1.54) is 0 Å². The lowest BCUT2D eigenvalue weighted by atomic mass is 10.00. The minimum atomic E-state index is -0.791. The number of benzene rings is 2. The number of methoxy groups -OCH3 is 1. The van der Waals surface area contributed by atoms with Crippen LogP contribution in [0.4, 0.5) is 0 Å². The summed E-state index contributed by atoms with van der Waals surface area (Å²) in [5.74, 6) is 1.35. The first-order valence-corrected chi connectivity index (χ1v) is 7.70. The molecule has 112 valence electrons. The van der Waals surface area contributed by atoms with Crippen LogP contribution in [-0.2, 0) is 0 Å². The molecule has 0 bridgehead atoms. The number of hydrogen-bond donors (Lipinski definition) is 1. The first kappa shape index (κ1) is 15.9. The number of hydrogen-bond acceptors (Lipinski definition) is 3. The van der Waals surface area contributed by atoms with Crippen LogP contribution in [0.3, 0.4) is 0 Å². The third-order valence-electron chi connectivity index (χ3n) is 3.17. The summed E-state index contributed by atoms with van der Waals surface area (Å²) >= 11 is 3.40. The average molecular weight is 351 g/mol. The highest BCUT2D eigenvalue weighted by Crippen LogP contribution is 2.35. The monoisotopic (exact) mass is 350 g/mol. The molecule has 2 aromatic rings. The van der Waals surface area contributed by atoms with Crippen LogP contribution < -0.4 is 9.47 Å². The Kier molecular flexibility index (Phi) is 5.65. The summed E-state index contributed by atoms with van der Waals surface area (Å²) in [6, 6.07) is 13.1. The Hall–Kier alpha value is -1.52. The van der Waals surface area contributed by atoms with Crippen LogP contribution in [0.1, 0.15) is 30.6 Å². The zero-order chi connectivity index (χ0) is 15.2. The van der Waals surface area contributed by atoms with Crippen LogP contribution in [0.15, 0.2) is 46.9 Å². The Morgan fingerprint density at radius 3 is 2.52 bits per heavy atom. The third-order valence-corrected chi connectivity index (χ3v) is 3.66. The van der Waals surface area contributed by atoms with Crippen LogP contribution in [-0.4, -0.2) is 18.8 Å². The Balaban J connectivity index is 2.38. The van der Waals surface area contributed by atoms with Gasteiger partial charge in [-0.25, -0.2) is 0 Å². The molecule has 1 unspecified atom stereocenters. The van der Waals surface area contributed by atoms with Crippen LogP contribution in [0, 0.1) is 0 Å². The van der Waals surface area contributed by atoms with Crippen LogP contribution in [0.25, 0.3) is 0 Å². The maximum atomic E-state index is 10.7. The van der Waals surface area contributed by atoms with E-state index in [2.05, 4.69) is 22.9 Å². The molecule has 0 fully saturated rings. The standard InChI is InChI=1S/C17H19BrO3/c1-3-10-21-15-7-5-4-6-13(15)17(19)14-9-8-12(18)11-16(14)20-2/h4-9,11,17,19H,3,10H2,1-2H3. The summed E-state index contributed by atoms with van der Waals surface area (Å²) in [5, 5.41) is 10.7. The molecular formula is C17H19BrO3. The zero-order valence-electron chi connectivity index (χ0n) is 12.2. The molecule has 0 aliphatic carbocycles. The highest BCUT2D eigenvalue weighted by Gasteiger charge is 2.19. The van der Waals surface area contributed by atoms with E-state index in [1.54, 1.807) is 7.11 Å². The number of aliphatic hydroxyl groups is 1. The Morgan fingerprint density at radius 2 is 1.81 bits per heavy atom. The first-order valence-electron chi connectivity index (χ1n) is 6.90. The van der Waals surface area contributed by atoms with Crippen molar-refractivity contribution in [3.05, 3.63) is 58.1 Å². The van der Waals surface area contributed by atoms with Crippen molar-refractivity contribution in [1.82, 2.24) is 0 Å². The molecule has 0 radical (unpaired) electrons. The second-order valence-electron chi connectivity index (χ2n) is 4.68. The normalized spacial score (nSPS) is 12.0. The molecule has 0 amide bonds. The maximum Gasteiger partial charge on any atom is 0.126 e. The van der Waals surface area contributed by atoms with E-state index in [9.17, 15) is 5.11 Å². The summed E-state index contributed by atoms with van der Waals surface area (Å²) in [4.78, 5) is 0.